The van der Waals surface area contributed by atoms with Gasteiger partial charge in [0.05, 0.1) is 6.21 Å². The average molecular weight is 170 g/mol. The second-order valence-corrected chi connectivity index (χ2v) is 3.99. The number of nitrogens with zero attached hydrogens (tertiary/aromatic N) is 1. The Hall–Kier alpha value is 0.270. The van der Waals surface area contributed by atoms with Crippen LogP contribution in [-0.4, -0.2) is 15.7 Å². The monoisotopic (exact) mass is 169 g/mol. The summed E-state index contributed by atoms with van der Waals surface area (Å²) in [6.45, 7) is 0. The SMILES string of the molecule is O=C1C=NSC1(Cl)Cl. The predicted molar refractivity (Wildman–Crippen MR) is 35.5 cm³/mol. The van der Waals surface area contributed by atoms with E-state index in [1.54, 1.807) is 0 Å². The second kappa shape index (κ2) is 1.90. The highest BCUT2D eigenvalue weighted by atomic mass is 35.5. The summed E-state index contributed by atoms with van der Waals surface area (Å²) in [5.41, 5.74) is 0. The molecule has 5 heteroatoms. The van der Waals surface area contributed by atoms with Crippen molar-refractivity contribution in [1.29, 1.82) is 0 Å². The number of carbonyl (C=O) groups is 1. The molecule has 0 bridgehead atoms. The van der Waals surface area contributed by atoms with Gasteiger partial charge in [-0.3, -0.25) is 4.79 Å². The molecule has 1 aliphatic heterocycles. The Morgan fingerprint density at radius 3 is 2.50 bits per heavy atom. The van der Waals surface area contributed by atoms with Gasteiger partial charge in [-0.05, 0) is 0 Å². The molecule has 0 amide bonds. The van der Waals surface area contributed by atoms with E-state index >= 15 is 0 Å². The first kappa shape index (κ1) is 6.39. The Kier molecular flexibility index (Phi) is 1.52. The molecule has 0 aromatic heterocycles. The normalized spacial score (nSPS) is 24.5. The van der Waals surface area contributed by atoms with Crippen molar-refractivity contribution >= 4 is 47.1 Å². The van der Waals surface area contributed by atoms with Crippen LogP contribution in [0.3, 0.4) is 0 Å². The van der Waals surface area contributed by atoms with Crippen molar-refractivity contribution in [3.8, 4) is 0 Å². The van der Waals surface area contributed by atoms with Gasteiger partial charge in [-0.1, -0.05) is 23.2 Å². The van der Waals surface area contributed by atoms with E-state index in [1.807, 2.05) is 0 Å². The zero-order valence-corrected chi connectivity index (χ0v) is 5.93. The van der Waals surface area contributed by atoms with Gasteiger partial charge in [-0.25, -0.2) is 4.40 Å². The molecule has 1 aliphatic rings. The fourth-order valence-corrected chi connectivity index (χ4v) is 1.02. The minimum Gasteiger partial charge on any atom is -0.289 e. The van der Waals surface area contributed by atoms with E-state index in [2.05, 4.69) is 4.40 Å². The van der Waals surface area contributed by atoms with Crippen LogP contribution < -0.4 is 0 Å². The highest BCUT2D eigenvalue weighted by Gasteiger charge is 2.37. The first-order valence-electron chi connectivity index (χ1n) is 1.77. The molecule has 1 heterocycles. The van der Waals surface area contributed by atoms with Crippen LogP contribution in [0.15, 0.2) is 4.40 Å². The van der Waals surface area contributed by atoms with Crippen molar-refractivity contribution < 1.29 is 4.79 Å². The number of halogens is 2. The summed E-state index contributed by atoms with van der Waals surface area (Å²) in [4.78, 5) is 10.5. The van der Waals surface area contributed by atoms with Gasteiger partial charge in [0, 0.05) is 11.9 Å². The van der Waals surface area contributed by atoms with Crippen molar-refractivity contribution in [2.24, 2.45) is 4.40 Å². The molecule has 1 rings (SSSR count). The van der Waals surface area contributed by atoms with E-state index in [0.29, 0.717) is 0 Å². The molecule has 0 N–H and O–H groups in total. The van der Waals surface area contributed by atoms with Gasteiger partial charge < -0.3 is 0 Å². The van der Waals surface area contributed by atoms with Crippen LogP contribution in [0.5, 0.6) is 0 Å². The number of hydrogen-bond donors (Lipinski definition) is 0. The van der Waals surface area contributed by atoms with Crippen LogP contribution in [0.4, 0.5) is 0 Å². The van der Waals surface area contributed by atoms with Gasteiger partial charge in [0.2, 0.25) is 9.45 Å². The lowest BCUT2D eigenvalue weighted by Gasteiger charge is -2.02. The third kappa shape index (κ3) is 0.989. The predicted octanol–water partition coefficient (Wildman–Crippen LogP) is 1.42. The third-order valence-corrected chi connectivity index (χ3v) is 2.05. The maximum Gasteiger partial charge on any atom is 0.246 e. The first-order valence-corrected chi connectivity index (χ1v) is 3.29. The Morgan fingerprint density at radius 1 is 1.75 bits per heavy atom. The van der Waals surface area contributed by atoms with E-state index < -0.39 is 3.67 Å². The molecular formula is C3HCl2NOS. The molecule has 0 saturated carbocycles. The van der Waals surface area contributed by atoms with Crippen molar-refractivity contribution in [2.45, 2.75) is 3.67 Å². The largest absolute Gasteiger partial charge is 0.289 e. The molecule has 0 atom stereocenters. The highest BCUT2D eigenvalue weighted by Crippen LogP contribution is 2.39. The first-order chi connectivity index (χ1) is 3.63. The number of ketones is 1. The van der Waals surface area contributed by atoms with Crippen LogP contribution >= 0.6 is 35.1 Å². The number of alkyl halides is 2. The quantitative estimate of drug-likeness (QED) is 0.406. The van der Waals surface area contributed by atoms with E-state index in [4.69, 9.17) is 23.2 Å². The third-order valence-electron chi connectivity index (χ3n) is 0.624. The maximum atomic E-state index is 10.5. The van der Waals surface area contributed by atoms with Crippen molar-refractivity contribution in [3.05, 3.63) is 0 Å². The molecule has 0 fully saturated rings. The fourth-order valence-electron chi connectivity index (χ4n) is 0.261. The summed E-state index contributed by atoms with van der Waals surface area (Å²) < 4.78 is 2.15. The summed E-state index contributed by atoms with van der Waals surface area (Å²) in [5, 5.41) is 0. The van der Waals surface area contributed by atoms with E-state index in [1.165, 1.54) is 0 Å². The number of Topliss-reactive ketones (excluding diaryl/α,β-unsaturated/α-hetero) is 1. The molecule has 0 aliphatic carbocycles. The molecule has 0 saturated heterocycles. The summed E-state index contributed by atoms with van der Waals surface area (Å²) in [6.07, 6.45) is 1.12. The van der Waals surface area contributed by atoms with Crippen LogP contribution in [0.1, 0.15) is 0 Å². The van der Waals surface area contributed by atoms with Crippen LogP contribution in [0, 0.1) is 0 Å². The summed E-state index contributed by atoms with van der Waals surface area (Å²) in [7, 11) is 0. The molecule has 2 nitrogen and oxygen atoms in total. The van der Waals surface area contributed by atoms with E-state index in [-0.39, 0.29) is 5.78 Å². The standard InChI is InChI=1S/C3HCl2NOS/c4-3(5)2(7)1-6-8-3/h1H. The lowest BCUT2D eigenvalue weighted by atomic mass is 10.5. The van der Waals surface area contributed by atoms with Gasteiger partial charge in [0.25, 0.3) is 0 Å². The maximum absolute atomic E-state index is 10.5. The van der Waals surface area contributed by atoms with Crippen LogP contribution in [0.2, 0.25) is 0 Å². The molecule has 0 radical (unpaired) electrons. The van der Waals surface area contributed by atoms with Crippen molar-refractivity contribution in [1.82, 2.24) is 0 Å². The van der Waals surface area contributed by atoms with Gasteiger partial charge in [-0.2, -0.15) is 0 Å². The molecule has 0 aromatic rings. The summed E-state index contributed by atoms with van der Waals surface area (Å²) in [6, 6.07) is 0. The minimum absolute atomic E-state index is 0.356. The minimum atomic E-state index is -1.35. The van der Waals surface area contributed by atoms with E-state index in [9.17, 15) is 4.79 Å². The summed E-state index contributed by atoms with van der Waals surface area (Å²) in [5.74, 6) is -0.356. The van der Waals surface area contributed by atoms with Crippen molar-refractivity contribution in [3.63, 3.8) is 0 Å². The number of carbonyl (C=O) groups excluding carboxylic acids is 1. The van der Waals surface area contributed by atoms with E-state index in [0.717, 1.165) is 18.2 Å². The number of rotatable bonds is 0. The lowest BCUT2D eigenvalue weighted by Crippen LogP contribution is -2.16. The van der Waals surface area contributed by atoms with Crippen LogP contribution in [-0.2, 0) is 4.79 Å². The number of hydrogen-bond acceptors (Lipinski definition) is 3. The Balaban J connectivity index is 2.79. The Morgan fingerprint density at radius 2 is 2.38 bits per heavy atom. The second-order valence-electron chi connectivity index (χ2n) is 1.21. The average Bonchev–Trinajstić information content (AvgIpc) is 1.86. The smallest absolute Gasteiger partial charge is 0.246 e. The molecule has 0 unspecified atom stereocenters. The van der Waals surface area contributed by atoms with Gasteiger partial charge in [0.15, 0.2) is 0 Å². The molecule has 0 spiro atoms. The highest BCUT2D eigenvalue weighted by molar-refractivity contribution is 8.03. The zero-order valence-electron chi connectivity index (χ0n) is 3.60. The van der Waals surface area contributed by atoms with Gasteiger partial charge in [0.1, 0.15) is 0 Å². The van der Waals surface area contributed by atoms with Gasteiger partial charge in [-0.15, -0.1) is 0 Å². The Bertz CT molecular complexity index is 155. The van der Waals surface area contributed by atoms with Gasteiger partial charge >= 0.3 is 0 Å². The topological polar surface area (TPSA) is 29.4 Å². The fraction of sp³-hybridized carbons (Fsp3) is 0.333. The zero-order chi connectivity index (χ0) is 6.20. The molecule has 44 valence electrons. The van der Waals surface area contributed by atoms with Crippen LogP contribution in [0.25, 0.3) is 0 Å². The lowest BCUT2D eigenvalue weighted by molar-refractivity contribution is -0.111. The van der Waals surface area contributed by atoms with Crippen molar-refractivity contribution in [2.75, 3.05) is 0 Å². The molecule has 8 heavy (non-hydrogen) atoms. The molecular weight excluding hydrogens is 169 g/mol. The summed E-state index contributed by atoms with van der Waals surface area (Å²) >= 11 is 11.6. The molecule has 0 aromatic carbocycles. The Labute approximate surface area is 60.4 Å².